The lowest BCUT2D eigenvalue weighted by Gasteiger charge is -2.37. The van der Waals surface area contributed by atoms with Crippen molar-refractivity contribution in [3.63, 3.8) is 0 Å². The molecule has 0 aromatic carbocycles. The maximum atomic E-state index is 13.3. The van der Waals surface area contributed by atoms with Crippen LogP contribution in [0.3, 0.4) is 0 Å². The Morgan fingerprint density at radius 2 is 2.38 bits per heavy atom. The second-order valence-corrected chi connectivity index (χ2v) is 5.08. The van der Waals surface area contributed by atoms with Gasteiger partial charge in [-0.1, -0.05) is 11.8 Å². The number of amides is 1. The van der Waals surface area contributed by atoms with Crippen molar-refractivity contribution < 1.29 is 9.18 Å². The highest BCUT2D eigenvalue weighted by molar-refractivity contribution is 8.00. The van der Waals surface area contributed by atoms with Crippen molar-refractivity contribution in [2.75, 3.05) is 13.1 Å². The Morgan fingerprint density at radius 3 is 3.00 bits per heavy atom. The number of likely N-dealkylation sites (tertiary alicyclic amines) is 1. The number of hydrogen-bond acceptors (Lipinski definition) is 4. The minimum atomic E-state index is -0.476. The number of halogens is 2. The van der Waals surface area contributed by atoms with Crippen LogP contribution < -0.4 is 0 Å². The first-order chi connectivity index (χ1) is 7.56. The van der Waals surface area contributed by atoms with E-state index in [9.17, 15) is 9.18 Å². The van der Waals surface area contributed by atoms with Gasteiger partial charge in [0.1, 0.15) is 5.03 Å². The third-order valence-electron chi connectivity index (χ3n) is 2.25. The highest BCUT2D eigenvalue weighted by Gasteiger charge is 2.30. The molecule has 1 aliphatic heterocycles. The molecule has 0 aliphatic carbocycles. The van der Waals surface area contributed by atoms with Gasteiger partial charge in [-0.2, -0.15) is 0 Å². The van der Waals surface area contributed by atoms with Gasteiger partial charge in [-0.15, -0.1) is 0 Å². The minimum absolute atomic E-state index is 0.0339. The molecule has 0 saturated carbocycles. The molecule has 1 saturated heterocycles. The summed E-state index contributed by atoms with van der Waals surface area (Å²) in [4.78, 5) is 20.0. The van der Waals surface area contributed by atoms with E-state index in [2.05, 4.69) is 9.97 Å². The highest BCUT2D eigenvalue weighted by Crippen LogP contribution is 2.30. The molecule has 0 unspecified atom stereocenters. The Morgan fingerprint density at radius 1 is 1.69 bits per heavy atom. The molecular weight excluding hydrogens is 253 g/mol. The van der Waals surface area contributed by atoms with Gasteiger partial charge in [0.2, 0.25) is 11.2 Å². The first-order valence-corrected chi connectivity index (χ1v) is 5.92. The normalized spacial score (nSPS) is 16.1. The van der Waals surface area contributed by atoms with E-state index in [-0.39, 0.29) is 21.5 Å². The van der Waals surface area contributed by atoms with Gasteiger partial charge >= 0.3 is 0 Å². The van der Waals surface area contributed by atoms with Crippen molar-refractivity contribution in [1.29, 1.82) is 0 Å². The number of hydrogen-bond donors (Lipinski definition) is 0. The lowest BCUT2D eigenvalue weighted by molar-refractivity contribution is -0.131. The maximum absolute atomic E-state index is 13.3. The molecule has 1 aliphatic rings. The molecule has 0 atom stereocenters. The first-order valence-electron chi connectivity index (χ1n) is 4.66. The Hall–Kier alpha value is -0.880. The van der Waals surface area contributed by atoms with Gasteiger partial charge in [0, 0.05) is 25.3 Å². The van der Waals surface area contributed by atoms with Gasteiger partial charge in [0.25, 0.3) is 0 Å². The lowest BCUT2D eigenvalue weighted by Crippen LogP contribution is -2.51. The van der Waals surface area contributed by atoms with Crippen LogP contribution in [0, 0.1) is 5.82 Å². The molecule has 86 valence electrons. The van der Waals surface area contributed by atoms with E-state index in [4.69, 9.17) is 11.6 Å². The fraction of sp³-hybridized carbons (Fsp3) is 0.444. The number of carbonyl (C=O) groups excluding carboxylic acids is 1. The molecule has 16 heavy (non-hydrogen) atoms. The third kappa shape index (κ3) is 2.44. The lowest BCUT2D eigenvalue weighted by atomic mass is 10.2. The Kier molecular flexibility index (Phi) is 3.30. The van der Waals surface area contributed by atoms with E-state index in [1.54, 1.807) is 4.90 Å². The van der Waals surface area contributed by atoms with Crippen molar-refractivity contribution in [3.8, 4) is 0 Å². The largest absolute Gasteiger partial charge is 0.341 e. The maximum Gasteiger partial charge on any atom is 0.223 e. The van der Waals surface area contributed by atoms with Crippen LogP contribution in [-0.2, 0) is 4.79 Å². The number of carbonyl (C=O) groups is 1. The van der Waals surface area contributed by atoms with Crippen molar-refractivity contribution >= 4 is 29.3 Å². The average molecular weight is 262 g/mol. The van der Waals surface area contributed by atoms with E-state index >= 15 is 0 Å². The average Bonchev–Trinajstić information content (AvgIpc) is 2.15. The molecule has 7 heteroatoms. The van der Waals surface area contributed by atoms with Gasteiger partial charge in [-0.3, -0.25) is 4.79 Å². The van der Waals surface area contributed by atoms with E-state index in [1.165, 1.54) is 18.7 Å². The SMILES string of the molecule is CC(=O)N1CC(Sc2nc(Cl)ncc2F)C1. The summed E-state index contributed by atoms with van der Waals surface area (Å²) < 4.78 is 13.3. The van der Waals surface area contributed by atoms with E-state index < -0.39 is 5.82 Å². The summed E-state index contributed by atoms with van der Waals surface area (Å²) in [6, 6.07) is 0. The second kappa shape index (κ2) is 4.55. The molecule has 2 heterocycles. The zero-order valence-corrected chi connectivity index (χ0v) is 10.1. The summed E-state index contributed by atoms with van der Waals surface area (Å²) >= 11 is 6.86. The molecule has 1 fully saturated rings. The van der Waals surface area contributed by atoms with Crippen molar-refractivity contribution in [3.05, 3.63) is 17.3 Å². The van der Waals surface area contributed by atoms with Crippen LogP contribution in [0.2, 0.25) is 5.28 Å². The monoisotopic (exact) mass is 261 g/mol. The van der Waals surface area contributed by atoms with Gasteiger partial charge in [-0.05, 0) is 11.6 Å². The van der Waals surface area contributed by atoms with E-state index in [0.29, 0.717) is 13.1 Å². The topological polar surface area (TPSA) is 46.1 Å². The quantitative estimate of drug-likeness (QED) is 0.599. The van der Waals surface area contributed by atoms with Crippen LogP contribution in [0.25, 0.3) is 0 Å². The summed E-state index contributed by atoms with van der Waals surface area (Å²) in [7, 11) is 0. The molecule has 2 rings (SSSR count). The Balaban J connectivity index is 1.96. The summed E-state index contributed by atoms with van der Waals surface area (Å²) in [6.07, 6.45) is 1.05. The minimum Gasteiger partial charge on any atom is -0.341 e. The van der Waals surface area contributed by atoms with Crippen LogP contribution in [0.4, 0.5) is 4.39 Å². The third-order valence-corrected chi connectivity index (χ3v) is 3.58. The standard InChI is InChI=1S/C9H9ClFN3OS/c1-5(15)14-3-6(4-14)16-8-7(11)2-12-9(10)13-8/h2,6H,3-4H2,1H3. The summed E-state index contributed by atoms with van der Waals surface area (Å²) in [5.41, 5.74) is 0. The molecule has 0 bridgehead atoms. The van der Waals surface area contributed by atoms with Gasteiger partial charge < -0.3 is 4.90 Å². The van der Waals surface area contributed by atoms with Gasteiger partial charge in [0.05, 0.1) is 6.20 Å². The van der Waals surface area contributed by atoms with Gasteiger partial charge in [-0.25, -0.2) is 14.4 Å². The van der Waals surface area contributed by atoms with Crippen LogP contribution >= 0.6 is 23.4 Å². The Bertz CT molecular complexity index is 425. The van der Waals surface area contributed by atoms with E-state index in [0.717, 1.165) is 6.20 Å². The fourth-order valence-corrected chi connectivity index (χ4v) is 2.65. The molecule has 0 radical (unpaired) electrons. The molecule has 4 nitrogen and oxygen atoms in total. The summed E-state index contributed by atoms with van der Waals surface area (Å²) in [5.74, 6) is -0.436. The van der Waals surface area contributed by atoms with Crippen molar-refractivity contribution in [2.45, 2.75) is 17.2 Å². The number of rotatable bonds is 2. The number of nitrogens with zero attached hydrogens (tertiary/aromatic N) is 3. The smallest absolute Gasteiger partial charge is 0.223 e. The predicted octanol–water partition coefficient (Wildman–Crippen LogP) is 1.59. The molecule has 1 aromatic rings. The number of thioether (sulfide) groups is 1. The highest BCUT2D eigenvalue weighted by atomic mass is 35.5. The van der Waals surface area contributed by atoms with Crippen LogP contribution in [0.5, 0.6) is 0 Å². The molecule has 0 N–H and O–H groups in total. The van der Waals surface area contributed by atoms with E-state index in [1.807, 2.05) is 0 Å². The molecule has 1 amide bonds. The van der Waals surface area contributed by atoms with Crippen LogP contribution in [0.15, 0.2) is 11.2 Å². The summed E-state index contributed by atoms with van der Waals surface area (Å²) in [5, 5.41) is 0.462. The predicted molar refractivity (Wildman–Crippen MR) is 58.9 cm³/mol. The van der Waals surface area contributed by atoms with Gasteiger partial charge in [0.15, 0.2) is 5.82 Å². The first kappa shape index (κ1) is 11.6. The molecular formula is C9H9ClFN3OS. The zero-order chi connectivity index (χ0) is 11.7. The molecule has 1 aromatic heterocycles. The van der Waals surface area contributed by atoms with Crippen molar-refractivity contribution in [1.82, 2.24) is 14.9 Å². The van der Waals surface area contributed by atoms with Crippen LogP contribution in [0.1, 0.15) is 6.92 Å². The summed E-state index contributed by atoms with van der Waals surface area (Å²) in [6.45, 7) is 2.77. The van der Waals surface area contributed by atoms with Crippen LogP contribution in [-0.4, -0.2) is 39.1 Å². The molecule has 0 spiro atoms. The number of aromatic nitrogens is 2. The Labute approximate surface area is 101 Å². The second-order valence-electron chi connectivity index (χ2n) is 3.46. The fourth-order valence-electron chi connectivity index (χ4n) is 1.34. The van der Waals surface area contributed by atoms with Crippen molar-refractivity contribution in [2.24, 2.45) is 0 Å². The zero-order valence-electron chi connectivity index (χ0n) is 8.48.